The van der Waals surface area contributed by atoms with Crippen molar-refractivity contribution in [3.63, 3.8) is 0 Å². The number of hydrogen-bond donors (Lipinski definition) is 4. The van der Waals surface area contributed by atoms with E-state index in [2.05, 4.69) is 16.2 Å². The maximum atomic E-state index is 13.4. The third-order valence-corrected chi connectivity index (χ3v) is 6.57. The first-order valence-corrected chi connectivity index (χ1v) is 11.2. The van der Waals surface area contributed by atoms with Gasteiger partial charge in [-0.1, -0.05) is 54.6 Å². The van der Waals surface area contributed by atoms with Crippen LogP contribution in [0.15, 0.2) is 66.7 Å². The van der Waals surface area contributed by atoms with Crippen LogP contribution in [0.25, 0.3) is 10.8 Å². The van der Waals surface area contributed by atoms with Gasteiger partial charge < -0.3 is 15.2 Å². The highest BCUT2D eigenvalue weighted by atomic mass is 16.6. The maximum absolute atomic E-state index is 13.4. The molecule has 1 aliphatic carbocycles. The van der Waals surface area contributed by atoms with Crippen molar-refractivity contribution in [3.05, 3.63) is 83.4 Å². The molecule has 1 heterocycles. The largest absolute Gasteiger partial charge is 0.434 e. The van der Waals surface area contributed by atoms with Crippen molar-refractivity contribution in [2.45, 2.75) is 31.6 Å². The lowest BCUT2D eigenvalue weighted by Crippen LogP contribution is -2.58. The summed E-state index contributed by atoms with van der Waals surface area (Å²) in [6.07, 6.45) is -1.48. The summed E-state index contributed by atoms with van der Waals surface area (Å²) in [6.45, 7) is 0. The predicted octanol–water partition coefficient (Wildman–Crippen LogP) is 1.14. The molecular weight excluding hydrogens is 450 g/mol. The van der Waals surface area contributed by atoms with Gasteiger partial charge in [0.25, 0.3) is 11.8 Å². The Morgan fingerprint density at radius 1 is 0.857 bits per heavy atom. The monoisotopic (exact) mass is 473 g/mol. The summed E-state index contributed by atoms with van der Waals surface area (Å²) >= 11 is 0. The van der Waals surface area contributed by atoms with E-state index in [9.17, 15) is 24.3 Å². The van der Waals surface area contributed by atoms with Gasteiger partial charge in [0.2, 0.25) is 12.2 Å². The van der Waals surface area contributed by atoms with Crippen LogP contribution in [0, 0.1) is 5.41 Å². The molecule has 0 aromatic heterocycles. The summed E-state index contributed by atoms with van der Waals surface area (Å²) in [7, 11) is 0. The molecule has 3 aromatic rings. The molecule has 1 aliphatic heterocycles. The van der Waals surface area contributed by atoms with Crippen molar-refractivity contribution in [3.8, 4) is 0 Å². The Balaban J connectivity index is 1.34. The van der Waals surface area contributed by atoms with Crippen molar-refractivity contribution in [1.29, 1.82) is 0 Å². The molecule has 2 aliphatic rings. The zero-order valence-electron chi connectivity index (χ0n) is 18.6. The van der Waals surface area contributed by atoms with Crippen LogP contribution in [0.2, 0.25) is 0 Å². The zero-order chi connectivity index (χ0) is 24.6. The number of rotatable bonds is 4. The molecule has 2 atom stereocenters. The van der Waals surface area contributed by atoms with E-state index in [0.29, 0.717) is 5.56 Å². The fraction of sp³-hybridized carbons (Fsp3) is 0.231. The molecule has 3 aromatic carbocycles. The van der Waals surface area contributed by atoms with E-state index in [0.717, 1.165) is 21.9 Å². The minimum absolute atomic E-state index is 0.101. The van der Waals surface area contributed by atoms with Gasteiger partial charge in [0.1, 0.15) is 11.5 Å². The topological polar surface area (TPSA) is 134 Å². The van der Waals surface area contributed by atoms with Crippen molar-refractivity contribution in [2.75, 3.05) is 0 Å². The summed E-state index contributed by atoms with van der Waals surface area (Å²) in [4.78, 5) is 51.0. The Morgan fingerprint density at radius 3 is 2.17 bits per heavy atom. The van der Waals surface area contributed by atoms with Gasteiger partial charge in [-0.05, 0) is 46.9 Å². The number of esters is 1. The Hall–Kier alpha value is -4.24. The van der Waals surface area contributed by atoms with Gasteiger partial charge in [0, 0.05) is 5.56 Å². The van der Waals surface area contributed by atoms with Crippen LogP contribution in [0.1, 0.15) is 27.9 Å². The minimum atomic E-state index is -1.58. The van der Waals surface area contributed by atoms with Gasteiger partial charge in [0.15, 0.2) is 0 Å². The number of aliphatic hydroxyl groups excluding tert-OH is 1. The van der Waals surface area contributed by atoms with Crippen LogP contribution < -0.4 is 16.2 Å². The second-order valence-electron chi connectivity index (χ2n) is 8.84. The smallest absolute Gasteiger partial charge is 0.310 e. The second-order valence-corrected chi connectivity index (χ2v) is 8.84. The number of cyclic esters (lactones) is 1. The molecule has 9 heteroatoms. The van der Waals surface area contributed by atoms with Gasteiger partial charge in [-0.3, -0.25) is 30.0 Å². The van der Waals surface area contributed by atoms with Crippen LogP contribution in [0.5, 0.6) is 0 Å². The molecule has 0 spiro atoms. The molecule has 178 valence electrons. The lowest BCUT2D eigenvalue weighted by Gasteiger charge is -2.28. The van der Waals surface area contributed by atoms with Crippen LogP contribution in [-0.4, -0.2) is 41.1 Å². The van der Waals surface area contributed by atoms with E-state index < -0.39 is 41.4 Å². The van der Waals surface area contributed by atoms with Crippen molar-refractivity contribution >= 4 is 34.5 Å². The summed E-state index contributed by atoms with van der Waals surface area (Å²) in [6, 6.07) is 19.1. The minimum Gasteiger partial charge on any atom is -0.434 e. The van der Waals surface area contributed by atoms with Crippen LogP contribution >= 0.6 is 0 Å². The molecule has 5 rings (SSSR count). The molecule has 1 fully saturated rings. The van der Waals surface area contributed by atoms with Crippen LogP contribution in [0.4, 0.5) is 0 Å². The fourth-order valence-electron chi connectivity index (χ4n) is 4.65. The van der Waals surface area contributed by atoms with E-state index in [4.69, 9.17) is 4.74 Å². The van der Waals surface area contributed by atoms with Crippen molar-refractivity contribution in [2.24, 2.45) is 5.41 Å². The van der Waals surface area contributed by atoms with E-state index in [1.54, 1.807) is 12.1 Å². The van der Waals surface area contributed by atoms with E-state index in [1.807, 2.05) is 54.6 Å². The molecule has 0 radical (unpaired) electrons. The summed E-state index contributed by atoms with van der Waals surface area (Å²) < 4.78 is 4.70. The average Bonchev–Trinajstić information content (AvgIpc) is 3.41. The third-order valence-electron chi connectivity index (χ3n) is 6.57. The molecular formula is C26H23N3O6. The second kappa shape index (κ2) is 8.84. The fourth-order valence-corrected chi connectivity index (χ4v) is 4.65. The average molecular weight is 473 g/mol. The normalized spacial score (nSPS) is 20.1. The summed E-state index contributed by atoms with van der Waals surface area (Å²) in [5.41, 5.74) is 5.26. The lowest BCUT2D eigenvalue weighted by molar-refractivity contribution is -0.156. The number of fused-ring (bicyclic) bond motifs is 2. The molecule has 35 heavy (non-hydrogen) atoms. The SMILES string of the molecule is O=C1C[C@H](NC(=O)C2(C(=O)NNC(=O)c3ccc4ccccc4c3)Cc3ccccc3C2)C(O)O1. The molecule has 3 amide bonds. The summed E-state index contributed by atoms with van der Waals surface area (Å²) in [5.74, 6) is -2.52. The molecule has 0 bridgehead atoms. The van der Waals surface area contributed by atoms with Crippen LogP contribution in [0.3, 0.4) is 0 Å². The number of carbonyl (C=O) groups excluding carboxylic acids is 4. The molecule has 0 saturated carbocycles. The Bertz CT molecular complexity index is 1330. The van der Waals surface area contributed by atoms with Crippen molar-refractivity contribution < 1.29 is 29.0 Å². The van der Waals surface area contributed by atoms with E-state index >= 15 is 0 Å². The Kier molecular flexibility index (Phi) is 5.70. The number of amides is 3. The number of hydrazine groups is 1. The van der Waals surface area contributed by atoms with Gasteiger partial charge in [-0.15, -0.1) is 0 Å². The number of ether oxygens (including phenoxy) is 1. The van der Waals surface area contributed by atoms with E-state index in [-0.39, 0.29) is 19.3 Å². The summed E-state index contributed by atoms with van der Waals surface area (Å²) in [5, 5.41) is 14.3. The molecule has 9 nitrogen and oxygen atoms in total. The molecule has 1 saturated heterocycles. The first kappa shape index (κ1) is 22.5. The predicted molar refractivity (Wildman–Crippen MR) is 124 cm³/mol. The number of carbonyl (C=O) groups is 4. The third kappa shape index (κ3) is 4.22. The highest BCUT2D eigenvalue weighted by Gasteiger charge is 2.51. The Labute approximate surface area is 200 Å². The Morgan fingerprint density at radius 2 is 1.51 bits per heavy atom. The van der Waals surface area contributed by atoms with Crippen molar-refractivity contribution in [1.82, 2.24) is 16.2 Å². The van der Waals surface area contributed by atoms with Crippen LogP contribution in [-0.2, 0) is 32.0 Å². The number of hydrogen-bond acceptors (Lipinski definition) is 6. The zero-order valence-corrected chi connectivity index (χ0v) is 18.6. The maximum Gasteiger partial charge on any atom is 0.310 e. The van der Waals surface area contributed by atoms with Gasteiger partial charge in [-0.25, -0.2) is 0 Å². The first-order valence-electron chi connectivity index (χ1n) is 11.2. The number of nitrogens with one attached hydrogen (secondary N) is 3. The molecule has 4 N–H and O–H groups in total. The van der Waals surface area contributed by atoms with E-state index in [1.165, 1.54) is 0 Å². The molecule has 1 unspecified atom stereocenters. The number of aliphatic hydroxyl groups is 1. The lowest BCUT2D eigenvalue weighted by atomic mass is 9.82. The number of benzene rings is 3. The highest BCUT2D eigenvalue weighted by Crippen LogP contribution is 2.38. The van der Waals surface area contributed by atoms with Gasteiger partial charge in [0.05, 0.1) is 6.42 Å². The first-order chi connectivity index (χ1) is 16.9. The quantitative estimate of drug-likeness (QED) is 0.255. The van der Waals surface area contributed by atoms with Gasteiger partial charge in [-0.2, -0.15) is 0 Å². The standard InChI is InChI=1S/C26H23N3O6/c30-21-12-20(23(32)35-21)27-24(33)26(13-18-7-3-4-8-19(18)14-26)25(34)29-28-22(31)17-10-9-15-5-1-2-6-16(15)11-17/h1-11,20,23,32H,12-14H2,(H,27,33)(H,28,31)(H,29,34)/t20-,23?/m0/s1. The van der Waals surface area contributed by atoms with Gasteiger partial charge >= 0.3 is 5.97 Å². The highest BCUT2D eigenvalue weighted by molar-refractivity contribution is 6.08.